The lowest BCUT2D eigenvalue weighted by atomic mass is 10.1. The molecule has 0 unspecified atom stereocenters. The summed E-state index contributed by atoms with van der Waals surface area (Å²) >= 11 is 0. The van der Waals surface area contributed by atoms with Crippen molar-refractivity contribution in [3.05, 3.63) is 31.0 Å². The van der Waals surface area contributed by atoms with E-state index in [1.807, 2.05) is 6.20 Å². The number of aromatic nitrogens is 4. The maximum atomic E-state index is 4.47. The van der Waals surface area contributed by atoms with Gasteiger partial charge in [0.25, 0.3) is 0 Å². The lowest BCUT2D eigenvalue weighted by Crippen LogP contribution is -2.31. The monoisotopic (exact) mass is 243 g/mol. The zero-order valence-corrected chi connectivity index (χ0v) is 10.5. The molecule has 0 aromatic carbocycles. The van der Waals surface area contributed by atoms with Crippen molar-refractivity contribution in [1.29, 1.82) is 0 Å². The summed E-state index contributed by atoms with van der Waals surface area (Å²) in [7, 11) is 2.17. The van der Waals surface area contributed by atoms with Gasteiger partial charge in [0.1, 0.15) is 0 Å². The van der Waals surface area contributed by atoms with Gasteiger partial charge in [-0.2, -0.15) is 5.10 Å². The van der Waals surface area contributed by atoms with Crippen molar-refractivity contribution in [3.63, 3.8) is 0 Å². The summed E-state index contributed by atoms with van der Waals surface area (Å²) in [4.78, 5) is 10.7. The first kappa shape index (κ1) is 11.3. The van der Waals surface area contributed by atoms with Crippen molar-refractivity contribution in [2.75, 3.05) is 20.1 Å². The first-order valence-electron chi connectivity index (χ1n) is 6.32. The minimum atomic E-state index is 0.520. The van der Waals surface area contributed by atoms with Gasteiger partial charge in [0.2, 0.25) is 0 Å². The van der Waals surface area contributed by atoms with E-state index in [-0.39, 0.29) is 0 Å². The highest BCUT2D eigenvalue weighted by Crippen LogP contribution is 2.23. The Hall–Kier alpha value is -1.75. The summed E-state index contributed by atoms with van der Waals surface area (Å²) in [5, 5.41) is 4.47. The van der Waals surface area contributed by atoms with Crippen LogP contribution in [0.25, 0.3) is 11.3 Å². The zero-order chi connectivity index (χ0) is 12.4. The molecule has 0 spiro atoms. The van der Waals surface area contributed by atoms with Gasteiger partial charge in [-0.05, 0) is 33.0 Å². The first-order chi connectivity index (χ1) is 8.83. The van der Waals surface area contributed by atoms with E-state index in [1.54, 1.807) is 18.6 Å². The number of nitrogens with zero attached hydrogens (tertiary/aromatic N) is 5. The SMILES string of the molecule is CN1CCC(n2cc(-c3cnccn3)cn2)CC1. The largest absolute Gasteiger partial charge is 0.306 e. The Morgan fingerprint density at radius 2 is 2.00 bits per heavy atom. The molecule has 1 saturated heterocycles. The van der Waals surface area contributed by atoms with Gasteiger partial charge in [0.15, 0.2) is 0 Å². The van der Waals surface area contributed by atoms with E-state index in [9.17, 15) is 0 Å². The summed E-state index contributed by atoms with van der Waals surface area (Å²) in [6.45, 7) is 2.29. The summed E-state index contributed by atoms with van der Waals surface area (Å²) in [5.74, 6) is 0. The maximum Gasteiger partial charge on any atom is 0.0916 e. The molecule has 0 atom stereocenters. The van der Waals surface area contributed by atoms with Gasteiger partial charge < -0.3 is 4.90 Å². The van der Waals surface area contributed by atoms with Crippen LogP contribution in [0.5, 0.6) is 0 Å². The molecule has 94 valence electrons. The van der Waals surface area contributed by atoms with Crippen LogP contribution >= 0.6 is 0 Å². The molecule has 1 fully saturated rings. The summed E-state index contributed by atoms with van der Waals surface area (Å²) in [5.41, 5.74) is 1.93. The molecular weight excluding hydrogens is 226 g/mol. The Balaban J connectivity index is 1.78. The van der Waals surface area contributed by atoms with Crippen molar-refractivity contribution >= 4 is 0 Å². The second-order valence-electron chi connectivity index (χ2n) is 4.83. The Bertz CT molecular complexity index is 499. The summed E-state index contributed by atoms with van der Waals surface area (Å²) in [6, 6.07) is 0.520. The van der Waals surface area contributed by atoms with Crippen molar-refractivity contribution in [2.45, 2.75) is 18.9 Å². The number of piperidine rings is 1. The van der Waals surface area contributed by atoms with Crippen molar-refractivity contribution in [3.8, 4) is 11.3 Å². The van der Waals surface area contributed by atoms with E-state index in [2.05, 4.69) is 37.9 Å². The van der Waals surface area contributed by atoms with Crippen molar-refractivity contribution in [2.24, 2.45) is 0 Å². The third-order valence-corrected chi connectivity index (χ3v) is 3.52. The Morgan fingerprint density at radius 3 is 2.72 bits per heavy atom. The van der Waals surface area contributed by atoms with Crippen molar-refractivity contribution < 1.29 is 0 Å². The van der Waals surface area contributed by atoms with Gasteiger partial charge in [-0.25, -0.2) is 0 Å². The van der Waals surface area contributed by atoms with Gasteiger partial charge in [-0.1, -0.05) is 0 Å². The van der Waals surface area contributed by atoms with E-state index in [0.717, 1.165) is 37.2 Å². The van der Waals surface area contributed by atoms with Crippen LogP contribution in [-0.2, 0) is 0 Å². The van der Waals surface area contributed by atoms with Crippen LogP contribution in [-0.4, -0.2) is 44.8 Å². The van der Waals surface area contributed by atoms with Crippen LogP contribution in [0, 0.1) is 0 Å². The molecule has 18 heavy (non-hydrogen) atoms. The number of likely N-dealkylation sites (tertiary alicyclic amines) is 1. The molecule has 5 heteroatoms. The highest BCUT2D eigenvalue weighted by atomic mass is 15.3. The Labute approximate surface area is 106 Å². The Morgan fingerprint density at radius 1 is 1.17 bits per heavy atom. The third-order valence-electron chi connectivity index (χ3n) is 3.52. The fourth-order valence-corrected chi connectivity index (χ4v) is 2.38. The van der Waals surface area contributed by atoms with E-state index >= 15 is 0 Å². The number of rotatable bonds is 2. The topological polar surface area (TPSA) is 46.8 Å². The highest BCUT2D eigenvalue weighted by Gasteiger charge is 2.19. The van der Waals surface area contributed by atoms with Crippen LogP contribution in [0.3, 0.4) is 0 Å². The highest BCUT2D eigenvalue weighted by molar-refractivity contribution is 5.55. The molecule has 2 aromatic rings. The van der Waals surface area contributed by atoms with Crippen LogP contribution < -0.4 is 0 Å². The molecule has 0 saturated carbocycles. The molecular formula is C13H17N5. The summed E-state index contributed by atoms with van der Waals surface area (Å²) in [6.07, 6.45) is 11.5. The molecule has 2 aromatic heterocycles. The van der Waals surface area contributed by atoms with Crippen LogP contribution in [0.15, 0.2) is 31.0 Å². The van der Waals surface area contributed by atoms with Crippen molar-refractivity contribution in [1.82, 2.24) is 24.6 Å². The molecule has 3 rings (SSSR count). The standard InChI is InChI=1S/C13H17N5/c1-17-6-2-12(3-7-17)18-10-11(8-16-18)13-9-14-4-5-15-13/h4-5,8-10,12H,2-3,6-7H2,1H3. The molecule has 3 heterocycles. The molecule has 1 aliphatic heterocycles. The normalized spacial score (nSPS) is 18.1. The molecule has 5 nitrogen and oxygen atoms in total. The number of hydrogen-bond acceptors (Lipinski definition) is 4. The smallest absolute Gasteiger partial charge is 0.0916 e. The lowest BCUT2D eigenvalue weighted by Gasteiger charge is -2.28. The Kier molecular flexibility index (Phi) is 3.06. The maximum absolute atomic E-state index is 4.47. The minimum Gasteiger partial charge on any atom is -0.306 e. The van der Waals surface area contributed by atoms with Gasteiger partial charge in [-0.15, -0.1) is 0 Å². The molecule has 0 N–H and O–H groups in total. The van der Waals surface area contributed by atoms with E-state index in [1.165, 1.54) is 0 Å². The number of hydrogen-bond donors (Lipinski definition) is 0. The fraction of sp³-hybridized carbons (Fsp3) is 0.462. The predicted molar refractivity (Wildman–Crippen MR) is 69.0 cm³/mol. The quantitative estimate of drug-likeness (QED) is 0.804. The second-order valence-corrected chi connectivity index (χ2v) is 4.83. The molecule has 0 amide bonds. The van der Waals surface area contributed by atoms with Crippen LogP contribution in [0.1, 0.15) is 18.9 Å². The van der Waals surface area contributed by atoms with Crippen LogP contribution in [0.2, 0.25) is 0 Å². The van der Waals surface area contributed by atoms with Crippen LogP contribution in [0.4, 0.5) is 0 Å². The van der Waals surface area contributed by atoms with E-state index < -0.39 is 0 Å². The van der Waals surface area contributed by atoms with Gasteiger partial charge in [-0.3, -0.25) is 14.6 Å². The van der Waals surface area contributed by atoms with E-state index in [0.29, 0.717) is 6.04 Å². The molecule has 0 radical (unpaired) electrons. The predicted octanol–water partition coefficient (Wildman–Crippen LogP) is 1.61. The summed E-state index contributed by atoms with van der Waals surface area (Å²) < 4.78 is 2.08. The third kappa shape index (κ3) is 2.26. The second kappa shape index (κ2) is 4.86. The molecule has 0 aliphatic carbocycles. The average Bonchev–Trinajstić information content (AvgIpc) is 2.90. The lowest BCUT2D eigenvalue weighted by molar-refractivity contribution is 0.212. The fourth-order valence-electron chi connectivity index (χ4n) is 2.38. The van der Waals surface area contributed by atoms with Gasteiger partial charge in [0, 0.05) is 24.2 Å². The molecule has 0 bridgehead atoms. The first-order valence-corrected chi connectivity index (χ1v) is 6.32. The zero-order valence-electron chi connectivity index (χ0n) is 10.5. The van der Waals surface area contributed by atoms with Gasteiger partial charge in [0.05, 0.1) is 24.1 Å². The van der Waals surface area contributed by atoms with E-state index in [4.69, 9.17) is 0 Å². The minimum absolute atomic E-state index is 0.520. The molecule has 1 aliphatic rings. The average molecular weight is 243 g/mol. The van der Waals surface area contributed by atoms with Gasteiger partial charge >= 0.3 is 0 Å².